The Morgan fingerprint density at radius 2 is 1.68 bits per heavy atom. The van der Waals surface area contributed by atoms with E-state index in [1.54, 1.807) is 31.2 Å². The van der Waals surface area contributed by atoms with Crippen LogP contribution in [0.2, 0.25) is 0 Å². The van der Waals surface area contributed by atoms with Crippen molar-refractivity contribution in [3.63, 3.8) is 0 Å². The summed E-state index contributed by atoms with van der Waals surface area (Å²) in [5.41, 5.74) is 2.66. The molecule has 0 atom stereocenters. The lowest BCUT2D eigenvalue weighted by Gasteiger charge is -2.17. The minimum atomic E-state index is -0.281. The van der Waals surface area contributed by atoms with Gasteiger partial charge in [0.15, 0.2) is 0 Å². The molecule has 0 unspecified atom stereocenters. The van der Waals surface area contributed by atoms with Gasteiger partial charge in [0, 0.05) is 17.9 Å². The minimum Gasteiger partial charge on any atom is -0.466 e. The number of amides is 2. The lowest BCUT2D eigenvalue weighted by molar-refractivity contribution is -0.143. The lowest BCUT2D eigenvalue weighted by atomic mass is 10.1. The Morgan fingerprint density at radius 3 is 2.28 bits per heavy atom. The number of carbonyl (C=O) groups excluding carboxylic acids is 3. The predicted molar refractivity (Wildman–Crippen MR) is 91.1 cm³/mol. The maximum atomic E-state index is 12.5. The molecule has 2 aromatic rings. The van der Waals surface area contributed by atoms with Crippen LogP contribution in [0.15, 0.2) is 36.4 Å². The molecule has 3 rings (SSSR count). The Kier molecular flexibility index (Phi) is 4.70. The molecule has 0 spiro atoms. The first-order chi connectivity index (χ1) is 12.0. The first-order valence-electron chi connectivity index (χ1n) is 8.28. The molecule has 25 heavy (non-hydrogen) atoms. The van der Waals surface area contributed by atoms with E-state index in [0.717, 1.165) is 11.4 Å². The molecular weight excluding hydrogens is 320 g/mol. The van der Waals surface area contributed by atoms with Crippen molar-refractivity contribution < 1.29 is 19.1 Å². The summed E-state index contributed by atoms with van der Waals surface area (Å²) in [7, 11) is 0. The molecule has 1 aliphatic heterocycles. The van der Waals surface area contributed by atoms with Crippen LogP contribution in [0, 0.1) is 6.92 Å². The van der Waals surface area contributed by atoms with Gasteiger partial charge in [-0.3, -0.25) is 19.3 Å². The minimum absolute atomic E-state index is 0.184. The molecule has 2 heterocycles. The fraction of sp³-hybridized carbons (Fsp3) is 0.316. The molecule has 1 aromatic heterocycles. The molecule has 2 amide bonds. The highest BCUT2D eigenvalue weighted by atomic mass is 16.5. The van der Waals surface area contributed by atoms with E-state index in [0.29, 0.717) is 24.3 Å². The number of hydrogen-bond acceptors (Lipinski definition) is 4. The van der Waals surface area contributed by atoms with Crippen molar-refractivity contribution in [1.82, 2.24) is 9.47 Å². The first kappa shape index (κ1) is 17.0. The van der Waals surface area contributed by atoms with Gasteiger partial charge in [-0.2, -0.15) is 0 Å². The largest absolute Gasteiger partial charge is 0.466 e. The van der Waals surface area contributed by atoms with Crippen molar-refractivity contribution >= 4 is 17.8 Å². The van der Waals surface area contributed by atoms with Gasteiger partial charge in [0.2, 0.25) is 0 Å². The highest BCUT2D eigenvalue weighted by molar-refractivity contribution is 6.21. The number of carbonyl (C=O) groups is 3. The van der Waals surface area contributed by atoms with Gasteiger partial charge in [0.05, 0.1) is 30.7 Å². The van der Waals surface area contributed by atoms with Crippen LogP contribution < -0.4 is 0 Å². The van der Waals surface area contributed by atoms with Gasteiger partial charge in [-0.15, -0.1) is 0 Å². The number of ether oxygens (including phenoxy) is 1. The molecular formula is C19H20N2O4. The van der Waals surface area contributed by atoms with Crippen molar-refractivity contribution in [3.8, 4) is 0 Å². The Bertz CT molecular complexity index is 803. The number of aromatic nitrogens is 1. The second-order valence-electron chi connectivity index (χ2n) is 5.91. The van der Waals surface area contributed by atoms with Crippen molar-refractivity contribution in [2.24, 2.45) is 0 Å². The van der Waals surface area contributed by atoms with Gasteiger partial charge in [0.25, 0.3) is 11.8 Å². The number of benzene rings is 1. The van der Waals surface area contributed by atoms with E-state index >= 15 is 0 Å². The second kappa shape index (κ2) is 6.93. The van der Waals surface area contributed by atoms with Crippen LogP contribution in [0.4, 0.5) is 0 Å². The van der Waals surface area contributed by atoms with Gasteiger partial charge in [-0.25, -0.2) is 0 Å². The average molecular weight is 340 g/mol. The van der Waals surface area contributed by atoms with Gasteiger partial charge in [-0.05, 0) is 38.1 Å². The third-order valence-electron chi connectivity index (χ3n) is 4.33. The lowest BCUT2D eigenvalue weighted by Crippen LogP contribution is -2.30. The van der Waals surface area contributed by atoms with E-state index in [-0.39, 0.29) is 30.7 Å². The van der Waals surface area contributed by atoms with Crippen molar-refractivity contribution in [2.45, 2.75) is 33.4 Å². The summed E-state index contributed by atoms with van der Waals surface area (Å²) in [5, 5.41) is 0. The number of fused-ring (bicyclic) bond motifs is 1. The molecule has 0 saturated carbocycles. The molecule has 0 aliphatic carbocycles. The van der Waals surface area contributed by atoms with Crippen LogP contribution >= 0.6 is 0 Å². The summed E-state index contributed by atoms with van der Waals surface area (Å²) < 4.78 is 6.90. The maximum Gasteiger partial charge on any atom is 0.307 e. The monoisotopic (exact) mass is 340 g/mol. The molecule has 6 heteroatoms. The summed E-state index contributed by atoms with van der Waals surface area (Å²) in [6.45, 7) is 4.69. The quantitative estimate of drug-likeness (QED) is 0.599. The highest BCUT2D eigenvalue weighted by Crippen LogP contribution is 2.25. The van der Waals surface area contributed by atoms with E-state index < -0.39 is 0 Å². The Hall–Kier alpha value is -2.89. The maximum absolute atomic E-state index is 12.5. The Labute approximate surface area is 146 Å². The molecule has 0 radical (unpaired) electrons. The highest BCUT2D eigenvalue weighted by Gasteiger charge is 2.35. The number of hydrogen-bond donors (Lipinski definition) is 0. The topological polar surface area (TPSA) is 68.6 Å². The van der Waals surface area contributed by atoms with E-state index in [2.05, 4.69) is 0 Å². The van der Waals surface area contributed by atoms with Crippen LogP contribution in [0.3, 0.4) is 0 Å². The fourth-order valence-corrected chi connectivity index (χ4v) is 3.06. The van der Waals surface area contributed by atoms with Crippen molar-refractivity contribution in [3.05, 3.63) is 58.9 Å². The van der Waals surface area contributed by atoms with Gasteiger partial charge >= 0.3 is 5.97 Å². The fourth-order valence-electron chi connectivity index (χ4n) is 3.06. The van der Waals surface area contributed by atoms with E-state index in [9.17, 15) is 14.4 Å². The molecule has 6 nitrogen and oxygen atoms in total. The molecule has 0 fully saturated rings. The zero-order valence-electron chi connectivity index (χ0n) is 14.3. The normalized spacial score (nSPS) is 13.3. The third kappa shape index (κ3) is 3.20. The zero-order valence-corrected chi connectivity index (χ0v) is 14.3. The summed E-state index contributed by atoms with van der Waals surface area (Å²) in [6, 6.07) is 10.6. The van der Waals surface area contributed by atoms with E-state index in [1.165, 1.54) is 4.90 Å². The van der Waals surface area contributed by atoms with Crippen LogP contribution in [0.25, 0.3) is 0 Å². The van der Waals surface area contributed by atoms with Crippen molar-refractivity contribution in [2.75, 3.05) is 6.61 Å². The summed E-state index contributed by atoms with van der Waals surface area (Å²) in [6.07, 6.45) is 0.248. The summed E-state index contributed by atoms with van der Waals surface area (Å²) in [5.74, 6) is -0.824. The molecule has 1 aliphatic rings. The van der Waals surface area contributed by atoms with Crippen LogP contribution in [0.1, 0.15) is 45.4 Å². The molecule has 1 aromatic carbocycles. The van der Waals surface area contributed by atoms with Gasteiger partial charge in [0.1, 0.15) is 0 Å². The summed E-state index contributed by atoms with van der Waals surface area (Å²) in [4.78, 5) is 37.9. The van der Waals surface area contributed by atoms with Crippen LogP contribution in [-0.2, 0) is 22.6 Å². The average Bonchev–Trinajstić information content (AvgIpc) is 3.07. The Balaban J connectivity index is 1.77. The van der Waals surface area contributed by atoms with Gasteiger partial charge in [-0.1, -0.05) is 12.1 Å². The van der Waals surface area contributed by atoms with E-state index in [1.807, 2.05) is 23.6 Å². The first-order valence-corrected chi connectivity index (χ1v) is 8.28. The number of esters is 1. The molecule has 130 valence electrons. The van der Waals surface area contributed by atoms with Crippen molar-refractivity contribution in [1.29, 1.82) is 0 Å². The number of nitrogens with zero attached hydrogens (tertiary/aromatic N) is 2. The SMILES string of the molecule is CCOC(=O)CCn1c(C)ccc1CN1C(=O)c2ccccc2C1=O. The van der Waals surface area contributed by atoms with Crippen LogP contribution in [0.5, 0.6) is 0 Å². The second-order valence-corrected chi connectivity index (χ2v) is 5.91. The zero-order chi connectivity index (χ0) is 18.0. The molecule has 0 N–H and O–H groups in total. The third-order valence-corrected chi connectivity index (χ3v) is 4.33. The standard InChI is InChI=1S/C19H20N2O4/c1-3-25-17(22)10-11-20-13(2)8-9-14(20)12-21-18(23)15-6-4-5-7-16(15)19(21)24/h4-9H,3,10-12H2,1-2H3. The summed E-state index contributed by atoms with van der Waals surface area (Å²) >= 11 is 0. The Morgan fingerprint density at radius 1 is 1.04 bits per heavy atom. The number of aryl methyl sites for hydroxylation is 1. The predicted octanol–water partition coefficient (Wildman–Crippen LogP) is 2.55. The van der Waals surface area contributed by atoms with E-state index in [4.69, 9.17) is 4.74 Å². The molecule has 0 bridgehead atoms. The smallest absolute Gasteiger partial charge is 0.307 e. The molecule has 0 saturated heterocycles. The van der Waals surface area contributed by atoms with Crippen LogP contribution in [-0.4, -0.2) is 33.9 Å². The number of rotatable bonds is 6. The number of imide groups is 1. The van der Waals surface area contributed by atoms with Gasteiger partial charge < -0.3 is 9.30 Å².